The Morgan fingerprint density at radius 3 is 2.25 bits per heavy atom. The third-order valence-corrected chi connectivity index (χ3v) is 3.93. The van der Waals surface area contributed by atoms with Crippen molar-refractivity contribution < 1.29 is 0 Å². The molecule has 0 aromatic heterocycles. The Morgan fingerprint density at radius 1 is 1.12 bits per heavy atom. The quantitative estimate of drug-likeness (QED) is 0.701. The summed E-state index contributed by atoms with van der Waals surface area (Å²) in [7, 11) is 4.39. The normalized spacial score (nSPS) is 21.0. The maximum absolute atomic E-state index is 3.43. The van der Waals surface area contributed by atoms with Crippen LogP contribution in [0.5, 0.6) is 0 Å². The highest BCUT2D eigenvalue weighted by Crippen LogP contribution is 2.35. The van der Waals surface area contributed by atoms with E-state index in [9.17, 15) is 0 Å². The molecule has 0 aliphatic heterocycles. The van der Waals surface area contributed by atoms with E-state index in [-0.39, 0.29) is 0 Å². The molecular weight excluding hydrogens is 196 g/mol. The Morgan fingerprint density at radius 2 is 1.75 bits per heavy atom. The molecule has 1 fully saturated rings. The Hall–Kier alpha value is -0.0800. The van der Waals surface area contributed by atoms with Gasteiger partial charge in [-0.05, 0) is 45.3 Å². The van der Waals surface area contributed by atoms with E-state index in [0.29, 0.717) is 5.41 Å². The van der Waals surface area contributed by atoms with Crippen molar-refractivity contribution in [1.29, 1.82) is 0 Å². The maximum Gasteiger partial charge on any atom is 0.00471 e. The van der Waals surface area contributed by atoms with Gasteiger partial charge in [0.15, 0.2) is 0 Å². The maximum atomic E-state index is 3.43. The van der Waals surface area contributed by atoms with Crippen LogP contribution in [0.3, 0.4) is 0 Å². The van der Waals surface area contributed by atoms with Crippen molar-refractivity contribution in [2.24, 2.45) is 5.41 Å². The zero-order chi connectivity index (χ0) is 11.9. The molecule has 1 saturated carbocycles. The molecule has 0 saturated heterocycles. The molecule has 0 amide bonds. The second kappa shape index (κ2) is 7.29. The van der Waals surface area contributed by atoms with Crippen molar-refractivity contribution >= 4 is 0 Å². The fourth-order valence-corrected chi connectivity index (χ4v) is 3.28. The summed E-state index contributed by atoms with van der Waals surface area (Å²) in [5, 5.41) is 3.43. The van der Waals surface area contributed by atoms with E-state index < -0.39 is 0 Å². The molecular formula is C14H30N2. The highest BCUT2D eigenvalue weighted by Gasteiger charge is 2.31. The van der Waals surface area contributed by atoms with Crippen LogP contribution in [-0.4, -0.2) is 38.6 Å². The van der Waals surface area contributed by atoms with E-state index in [2.05, 4.69) is 31.2 Å². The van der Waals surface area contributed by atoms with Crippen LogP contribution in [0.1, 0.15) is 51.9 Å². The number of nitrogens with zero attached hydrogens (tertiary/aromatic N) is 1. The standard InChI is InChI=1S/C14H30N2/c1-4-11-16(3)13-14(12-15-2)9-7-5-6-8-10-14/h15H,4-13H2,1-3H3. The number of hydrogen-bond donors (Lipinski definition) is 1. The van der Waals surface area contributed by atoms with Gasteiger partial charge in [-0.15, -0.1) is 0 Å². The predicted octanol–water partition coefficient (Wildman–Crippen LogP) is 2.89. The first-order chi connectivity index (χ1) is 7.72. The molecule has 1 N–H and O–H groups in total. The summed E-state index contributed by atoms with van der Waals surface area (Å²) in [6, 6.07) is 0. The molecule has 0 aromatic carbocycles. The molecule has 2 heteroatoms. The topological polar surface area (TPSA) is 15.3 Å². The van der Waals surface area contributed by atoms with Gasteiger partial charge in [-0.25, -0.2) is 0 Å². The third-order valence-electron chi connectivity index (χ3n) is 3.93. The molecule has 0 spiro atoms. The molecule has 0 unspecified atom stereocenters. The van der Waals surface area contributed by atoms with Gasteiger partial charge in [0.1, 0.15) is 0 Å². The monoisotopic (exact) mass is 226 g/mol. The lowest BCUT2D eigenvalue weighted by Gasteiger charge is -2.36. The van der Waals surface area contributed by atoms with Gasteiger partial charge in [0, 0.05) is 13.1 Å². The Balaban J connectivity index is 2.54. The first kappa shape index (κ1) is 14.0. The van der Waals surface area contributed by atoms with E-state index in [4.69, 9.17) is 0 Å². The first-order valence-electron chi connectivity index (χ1n) is 7.05. The van der Waals surface area contributed by atoms with E-state index in [1.807, 2.05) is 0 Å². The van der Waals surface area contributed by atoms with Crippen molar-refractivity contribution in [3.05, 3.63) is 0 Å². The molecule has 16 heavy (non-hydrogen) atoms. The molecule has 0 bridgehead atoms. The summed E-state index contributed by atoms with van der Waals surface area (Å²) >= 11 is 0. The lowest BCUT2D eigenvalue weighted by Crippen LogP contribution is -2.42. The fourth-order valence-electron chi connectivity index (χ4n) is 3.28. The fraction of sp³-hybridized carbons (Fsp3) is 1.00. The van der Waals surface area contributed by atoms with E-state index >= 15 is 0 Å². The van der Waals surface area contributed by atoms with E-state index in [0.717, 1.165) is 0 Å². The Kier molecular flexibility index (Phi) is 6.37. The second-order valence-electron chi connectivity index (χ2n) is 5.68. The smallest absolute Gasteiger partial charge is 0.00471 e. The molecule has 0 radical (unpaired) electrons. The van der Waals surface area contributed by atoms with Crippen LogP contribution in [0.15, 0.2) is 0 Å². The number of nitrogens with one attached hydrogen (secondary N) is 1. The average molecular weight is 226 g/mol. The Bertz CT molecular complexity index is 172. The van der Waals surface area contributed by atoms with Crippen LogP contribution < -0.4 is 5.32 Å². The van der Waals surface area contributed by atoms with Crippen molar-refractivity contribution in [2.45, 2.75) is 51.9 Å². The summed E-state index contributed by atoms with van der Waals surface area (Å²) in [6.07, 6.45) is 9.87. The van der Waals surface area contributed by atoms with Crippen LogP contribution in [0.25, 0.3) is 0 Å². The molecule has 1 aliphatic rings. The molecule has 96 valence electrons. The third kappa shape index (κ3) is 4.42. The molecule has 0 heterocycles. The summed E-state index contributed by atoms with van der Waals surface area (Å²) in [5.41, 5.74) is 0.551. The minimum atomic E-state index is 0.551. The summed E-state index contributed by atoms with van der Waals surface area (Å²) in [6.45, 7) is 5.99. The molecule has 1 aliphatic carbocycles. The Labute approximate surface area is 102 Å². The molecule has 0 aromatic rings. The van der Waals surface area contributed by atoms with E-state index in [1.165, 1.54) is 64.6 Å². The van der Waals surface area contributed by atoms with Crippen LogP contribution in [0.2, 0.25) is 0 Å². The van der Waals surface area contributed by atoms with Crippen molar-refractivity contribution in [1.82, 2.24) is 10.2 Å². The highest BCUT2D eigenvalue weighted by molar-refractivity contribution is 4.85. The largest absolute Gasteiger partial charge is 0.319 e. The molecule has 1 rings (SSSR count). The van der Waals surface area contributed by atoms with Crippen molar-refractivity contribution in [2.75, 3.05) is 33.7 Å². The highest BCUT2D eigenvalue weighted by atomic mass is 15.1. The van der Waals surface area contributed by atoms with Crippen LogP contribution in [-0.2, 0) is 0 Å². The lowest BCUT2D eigenvalue weighted by atomic mass is 9.79. The van der Waals surface area contributed by atoms with Gasteiger partial charge in [0.25, 0.3) is 0 Å². The summed E-state index contributed by atoms with van der Waals surface area (Å²) in [4.78, 5) is 2.53. The van der Waals surface area contributed by atoms with Crippen molar-refractivity contribution in [3.63, 3.8) is 0 Å². The predicted molar refractivity (Wildman–Crippen MR) is 71.8 cm³/mol. The SMILES string of the molecule is CCCN(C)CC1(CNC)CCCCCC1. The number of hydrogen-bond acceptors (Lipinski definition) is 2. The van der Waals surface area contributed by atoms with Gasteiger partial charge in [-0.3, -0.25) is 0 Å². The first-order valence-corrected chi connectivity index (χ1v) is 7.05. The van der Waals surface area contributed by atoms with Crippen LogP contribution in [0, 0.1) is 5.41 Å². The zero-order valence-corrected chi connectivity index (χ0v) is 11.5. The second-order valence-corrected chi connectivity index (χ2v) is 5.68. The van der Waals surface area contributed by atoms with Gasteiger partial charge in [0.2, 0.25) is 0 Å². The van der Waals surface area contributed by atoms with Gasteiger partial charge >= 0.3 is 0 Å². The van der Waals surface area contributed by atoms with Gasteiger partial charge in [-0.2, -0.15) is 0 Å². The summed E-state index contributed by atoms with van der Waals surface area (Å²) in [5.74, 6) is 0. The minimum absolute atomic E-state index is 0.551. The average Bonchev–Trinajstić information content (AvgIpc) is 2.45. The van der Waals surface area contributed by atoms with Gasteiger partial charge < -0.3 is 10.2 Å². The minimum Gasteiger partial charge on any atom is -0.319 e. The summed E-state index contributed by atoms with van der Waals surface area (Å²) < 4.78 is 0. The zero-order valence-electron chi connectivity index (χ0n) is 11.5. The lowest BCUT2D eigenvalue weighted by molar-refractivity contribution is 0.149. The molecule has 0 atom stereocenters. The van der Waals surface area contributed by atoms with Crippen LogP contribution in [0.4, 0.5) is 0 Å². The van der Waals surface area contributed by atoms with Crippen molar-refractivity contribution in [3.8, 4) is 0 Å². The van der Waals surface area contributed by atoms with Gasteiger partial charge in [0.05, 0.1) is 0 Å². The van der Waals surface area contributed by atoms with Gasteiger partial charge in [-0.1, -0.05) is 32.6 Å². The van der Waals surface area contributed by atoms with E-state index in [1.54, 1.807) is 0 Å². The van der Waals surface area contributed by atoms with Crippen LogP contribution >= 0.6 is 0 Å². The number of rotatable bonds is 6. The molecule has 2 nitrogen and oxygen atoms in total.